The van der Waals surface area contributed by atoms with Gasteiger partial charge in [0.2, 0.25) is 17.7 Å². The van der Waals surface area contributed by atoms with Gasteiger partial charge in [0.1, 0.15) is 6.04 Å². The van der Waals surface area contributed by atoms with Crippen LogP contribution >= 0.6 is 0 Å². The molecule has 10 nitrogen and oxygen atoms in total. The van der Waals surface area contributed by atoms with Gasteiger partial charge in [0, 0.05) is 43.1 Å². The van der Waals surface area contributed by atoms with Crippen molar-refractivity contribution in [2.45, 2.75) is 69.6 Å². The Balaban J connectivity index is 1.01. The number of piperidine rings is 2. The third-order valence-corrected chi connectivity index (χ3v) is 10.3. The minimum Gasteiger partial charge on any atom is -0.377 e. The van der Waals surface area contributed by atoms with E-state index in [0.717, 1.165) is 66.4 Å². The molecular weight excluding hydrogens is 534 g/mol. The van der Waals surface area contributed by atoms with Gasteiger partial charge in [0.25, 0.3) is 5.91 Å². The van der Waals surface area contributed by atoms with E-state index in [0.29, 0.717) is 25.0 Å². The molecule has 42 heavy (non-hydrogen) atoms. The number of hydrogen-bond acceptors (Lipinski definition) is 6. The Hall–Kier alpha value is -4.05. The molecule has 6 aliphatic rings. The van der Waals surface area contributed by atoms with Crippen LogP contribution < -0.4 is 10.2 Å². The summed E-state index contributed by atoms with van der Waals surface area (Å²) in [7, 11) is 0. The van der Waals surface area contributed by atoms with Crippen molar-refractivity contribution in [3.8, 4) is 0 Å². The summed E-state index contributed by atoms with van der Waals surface area (Å²) in [5.41, 5.74) is 3.02. The first-order chi connectivity index (χ1) is 20.2. The van der Waals surface area contributed by atoms with Crippen LogP contribution in [-0.4, -0.2) is 70.2 Å². The van der Waals surface area contributed by atoms with Crippen LogP contribution in [0.5, 0.6) is 0 Å². The fourth-order valence-corrected chi connectivity index (χ4v) is 7.74. The first-order valence-electron chi connectivity index (χ1n) is 14.9. The SMILES string of the molecule is CC1(n2cc(Cc3ccc4c5c(cccc35)C(=O)N4C3CCC(=O)NC3=O)cn2)CCN(C(=O)C23COC(C2)C3)CC1. The molecule has 9 rings (SSSR count). The predicted octanol–water partition coefficient (Wildman–Crippen LogP) is 2.91. The summed E-state index contributed by atoms with van der Waals surface area (Å²) in [5.74, 6) is -0.666. The molecule has 2 bridgehead atoms. The maximum Gasteiger partial charge on any atom is 0.259 e. The molecule has 1 unspecified atom stereocenters. The molecule has 0 radical (unpaired) electrons. The topological polar surface area (TPSA) is 114 Å². The third kappa shape index (κ3) is 3.70. The molecule has 5 aliphatic heterocycles. The Kier molecular flexibility index (Phi) is 5.48. The number of imide groups is 1. The average Bonchev–Trinajstić information content (AvgIpc) is 3.76. The summed E-state index contributed by atoms with van der Waals surface area (Å²) in [5, 5.41) is 8.98. The predicted molar refractivity (Wildman–Crippen MR) is 153 cm³/mol. The Morgan fingerprint density at radius 1 is 1.12 bits per heavy atom. The van der Waals surface area contributed by atoms with E-state index >= 15 is 0 Å². The molecule has 1 atom stereocenters. The normalized spacial score (nSPS) is 27.9. The number of carbonyl (C=O) groups is 4. The molecule has 2 aromatic carbocycles. The van der Waals surface area contributed by atoms with Crippen LogP contribution in [0.1, 0.15) is 66.9 Å². The van der Waals surface area contributed by atoms with Crippen LogP contribution in [0.2, 0.25) is 0 Å². The summed E-state index contributed by atoms with van der Waals surface area (Å²) in [4.78, 5) is 54.6. The summed E-state index contributed by atoms with van der Waals surface area (Å²) < 4.78 is 7.75. The largest absolute Gasteiger partial charge is 0.377 e. The van der Waals surface area contributed by atoms with Gasteiger partial charge in [-0.15, -0.1) is 0 Å². The Morgan fingerprint density at radius 2 is 1.93 bits per heavy atom. The summed E-state index contributed by atoms with van der Waals surface area (Å²) >= 11 is 0. The van der Waals surface area contributed by atoms with Gasteiger partial charge in [-0.2, -0.15) is 5.10 Å². The number of hydrogen-bond donors (Lipinski definition) is 1. The lowest BCUT2D eigenvalue weighted by atomic mass is 9.69. The van der Waals surface area contributed by atoms with Gasteiger partial charge in [-0.25, -0.2) is 0 Å². The van der Waals surface area contributed by atoms with Crippen molar-refractivity contribution in [2.24, 2.45) is 5.41 Å². The van der Waals surface area contributed by atoms with Gasteiger partial charge in [0.15, 0.2) is 0 Å². The van der Waals surface area contributed by atoms with Crippen molar-refractivity contribution in [1.82, 2.24) is 20.0 Å². The van der Waals surface area contributed by atoms with E-state index in [9.17, 15) is 19.2 Å². The third-order valence-electron chi connectivity index (χ3n) is 10.3. The molecule has 3 aromatic rings. The molecule has 4 saturated heterocycles. The highest BCUT2D eigenvalue weighted by atomic mass is 16.5. The standard InChI is InChI=1S/C32H33N5O5/c1-31(9-11-35(12-10-31)30(41)32-14-21(15-32)42-18-32)36-17-19(16-33-36)13-20-5-6-24-27-22(20)3-2-4-23(27)29(40)37(24)25-7-8-26(38)34-28(25)39/h2-6,16-17,21,25H,7-15,18H2,1H3,(H,34,38,39). The second-order valence-electron chi connectivity index (χ2n) is 13.0. The van der Waals surface area contributed by atoms with E-state index in [2.05, 4.69) is 23.1 Å². The quantitative estimate of drug-likeness (QED) is 0.475. The fourth-order valence-electron chi connectivity index (χ4n) is 7.74. The number of anilines is 1. The summed E-state index contributed by atoms with van der Waals surface area (Å²) in [6.45, 7) is 4.25. The van der Waals surface area contributed by atoms with Crippen LogP contribution in [0.15, 0.2) is 42.7 Å². The van der Waals surface area contributed by atoms with E-state index in [1.807, 2.05) is 41.4 Å². The van der Waals surface area contributed by atoms with Crippen molar-refractivity contribution in [2.75, 3.05) is 24.6 Å². The maximum atomic E-state index is 13.5. The van der Waals surface area contributed by atoms with Gasteiger partial charge in [-0.05, 0) is 67.7 Å². The van der Waals surface area contributed by atoms with E-state index in [1.165, 1.54) is 0 Å². The minimum absolute atomic E-state index is 0.169. The number of aromatic nitrogens is 2. The Bertz CT molecular complexity index is 1670. The number of amides is 4. The highest BCUT2D eigenvalue weighted by molar-refractivity contribution is 6.27. The van der Waals surface area contributed by atoms with Crippen molar-refractivity contribution in [1.29, 1.82) is 0 Å². The lowest BCUT2D eigenvalue weighted by molar-refractivity contribution is -0.146. The number of nitrogens with zero attached hydrogens (tertiary/aromatic N) is 4. The molecule has 0 spiro atoms. The van der Waals surface area contributed by atoms with Gasteiger partial charge < -0.3 is 9.64 Å². The van der Waals surface area contributed by atoms with Gasteiger partial charge >= 0.3 is 0 Å². The Morgan fingerprint density at radius 3 is 2.67 bits per heavy atom. The zero-order chi connectivity index (χ0) is 28.8. The van der Waals surface area contributed by atoms with Crippen molar-refractivity contribution < 1.29 is 23.9 Å². The minimum atomic E-state index is -0.700. The molecule has 1 N–H and O–H groups in total. The molecular formula is C32H33N5O5. The first-order valence-corrected chi connectivity index (χ1v) is 14.9. The van der Waals surface area contributed by atoms with Crippen molar-refractivity contribution in [3.63, 3.8) is 0 Å². The summed E-state index contributed by atoms with van der Waals surface area (Å²) in [6, 6.07) is 8.97. The zero-order valence-corrected chi connectivity index (χ0v) is 23.6. The molecule has 5 fully saturated rings. The monoisotopic (exact) mass is 567 g/mol. The zero-order valence-electron chi connectivity index (χ0n) is 23.6. The lowest BCUT2D eigenvalue weighted by Crippen LogP contribution is -2.54. The second-order valence-corrected chi connectivity index (χ2v) is 13.0. The molecule has 10 heteroatoms. The average molecular weight is 568 g/mol. The van der Waals surface area contributed by atoms with E-state index in [-0.39, 0.29) is 41.2 Å². The van der Waals surface area contributed by atoms with Crippen molar-refractivity contribution >= 4 is 40.1 Å². The number of ether oxygens (including phenoxy) is 1. The molecule has 1 saturated carbocycles. The number of likely N-dealkylation sites (tertiary alicyclic amines) is 1. The maximum absolute atomic E-state index is 13.5. The van der Waals surface area contributed by atoms with Gasteiger partial charge in [0.05, 0.1) is 35.5 Å². The van der Waals surface area contributed by atoms with Crippen LogP contribution in [0.3, 0.4) is 0 Å². The van der Waals surface area contributed by atoms with Crippen molar-refractivity contribution in [3.05, 3.63) is 59.4 Å². The molecule has 4 amide bonds. The van der Waals surface area contributed by atoms with Crippen LogP contribution in [0, 0.1) is 5.41 Å². The molecule has 216 valence electrons. The van der Waals surface area contributed by atoms with Gasteiger partial charge in [-0.3, -0.25) is 34.1 Å². The number of benzene rings is 2. The lowest BCUT2D eigenvalue weighted by Gasteiger charge is -2.44. The highest BCUT2D eigenvalue weighted by Gasteiger charge is 2.58. The Labute approximate surface area is 243 Å². The highest BCUT2D eigenvalue weighted by Crippen LogP contribution is 2.51. The van der Waals surface area contributed by atoms with E-state index < -0.39 is 11.9 Å². The number of fused-ring (bicyclic) bond motifs is 1. The van der Waals surface area contributed by atoms with Crippen LogP contribution in [0.25, 0.3) is 10.8 Å². The second kappa shape index (κ2) is 8.97. The van der Waals surface area contributed by atoms with Crippen LogP contribution in [-0.2, 0) is 31.1 Å². The van der Waals surface area contributed by atoms with E-state index in [4.69, 9.17) is 9.84 Å². The first kappa shape index (κ1) is 25.6. The van der Waals surface area contributed by atoms with Gasteiger partial charge in [-0.1, -0.05) is 18.2 Å². The molecule has 1 aliphatic carbocycles. The van der Waals surface area contributed by atoms with E-state index in [1.54, 1.807) is 4.90 Å². The number of carbonyl (C=O) groups excluding carboxylic acids is 4. The number of nitrogens with one attached hydrogen (secondary N) is 1. The number of rotatable bonds is 5. The molecule has 6 heterocycles. The fraction of sp³-hybridized carbons (Fsp3) is 0.469. The van der Waals surface area contributed by atoms with Crippen LogP contribution in [0.4, 0.5) is 5.69 Å². The smallest absolute Gasteiger partial charge is 0.259 e. The molecule has 1 aromatic heterocycles. The summed E-state index contributed by atoms with van der Waals surface area (Å²) in [6.07, 6.45) is 8.94.